The van der Waals surface area contributed by atoms with E-state index in [4.69, 9.17) is 14.2 Å². The number of rotatable bonds is 4. The molecule has 1 saturated heterocycles. The molecular weight excluding hydrogens is 300 g/mol. The number of amides is 2. The number of fused-ring (bicyclic) bond motifs is 1. The highest BCUT2D eigenvalue weighted by atomic mass is 16.7. The first kappa shape index (κ1) is 15.6. The van der Waals surface area contributed by atoms with E-state index in [-0.39, 0.29) is 31.3 Å². The summed E-state index contributed by atoms with van der Waals surface area (Å²) in [6.07, 6.45) is 1.48. The molecule has 1 aromatic rings. The lowest BCUT2D eigenvalue weighted by atomic mass is 10.0. The first-order valence-corrected chi connectivity index (χ1v) is 7.64. The van der Waals surface area contributed by atoms with Crippen molar-refractivity contribution in [2.45, 2.75) is 18.9 Å². The molecule has 7 nitrogen and oxygen atoms in total. The van der Waals surface area contributed by atoms with Gasteiger partial charge in [-0.1, -0.05) is 0 Å². The van der Waals surface area contributed by atoms with Crippen molar-refractivity contribution in [3.63, 3.8) is 0 Å². The van der Waals surface area contributed by atoms with Crippen LogP contribution in [0.5, 0.6) is 11.5 Å². The number of ether oxygens (including phenoxy) is 3. The molecule has 1 N–H and O–H groups in total. The van der Waals surface area contributed by atoms with Crippen molar-refractivity contribution in [1.82, 2.24) is 10.2 Å². The zero-order valence-electron chi connectivity index (χ0n) is 13.0. The molecule has 0 aliphatic carbocycles. The summed E-state index contributed by atoms with van der Waals surface area (Å²) in [4.78, 5) is 25.9. The highest BCUT2D eigenvalue weighted by Gasteiger charge is 2.25. The average Bonchev–Trinajstić information content (AvgIpc) is 3.02. The van der Waals surface area contributed by atoms with E-state index >= 15 is 0 Å². The fraction of sp³-hybridized carbons (Fsp3) is 0.500. The first-order chi connectivity index (χ1) is 11.2. The zero-order valence-corrected chi connectivity index (χ0v) is 13.0. The smallest absolute Gasteiger partial charge is 0.253 e. The van der Waals surface area contributed by atoms with Crippen molar-refractivity contribution in [3.05, 3.63) is 23.8 Å². The molecule has 2 aliphatic heterocycles. The van der Waals surface area contributed by atoms with E-state index < -0.39 is 0 Å². The van der Waals surface area contributed by atoms with Crippen LogP contribution in [0.4, 0.5) is 0 Å². The van der Waals surface area contributed by atoms with E-state index in [1.54, 1.807) is 23.1 Å². The predicted octanol–water partition coefficient (Wildman–Crippen LogP) is 0.783. The van der Waals surface area contributed by atoms with Crippen molar-refractivity contribution in [2.24, 2.45) is 0 Å². The maximum Gasteiger partial charge on any atom is 0.253 e. The molecule has 0 atom stereocenters. The fourth-order valence-electron chi connectivity index (χ4n) is 2.84. The topological polar surface area (TPSA) is 77.1 Å². The highest BCUT2D eigenvalue weighted by Crippen LogP contribution is 2.33. The maximum atomic E-state index is 12.6. The van der Waals surface area contributed by atoms with Gasteiger partial charge in [0, 0.05) is 31.8 Å². The quantitative estimate of drug-likeness (QED) is 0.887. The number of nitrogens with one attached hydrogen (secondary N) is 1. The van der Waals surface area contributed by atoms with E-state index in [1.165, 1.54) is 7.11 Å². The Hall–Kier alpha value is -2.28. The van der Waals surface area contributed by atoms with Crippen LogP contribution >= 0.6 is 0 Å². The van der Waals surface area contributed by atoms with Gasteiger partial charge in [0.2, 0.25) is 12.7 Å². The molecule has 1 aromatic carbocycles. The van der Waals surface area contributed by atoms with Crippen LogP contribution in [0, 0.1) is 0 Å². The number of carbonyl (C=O) groups excluding carboxylic acids is 2. The number of benzene rings is 1. The Morgan fingerprint density at radius 2 is 2.00 bits per heavy atom. The number of piperidine rings is 1. The summed E-state index contributed by atoms with van der Waals surface area (Å²) in [5.74, 6) is 1.14. The Morgan fingerprint density at radius 1 is 1.26 bits per heavy atom. The lowest BCUT2D eigenvalue weighted by Crippen LogP contribution is -2.47. The maximum absolute atomic E-state index is 12.6. The molecule has 2 heterocycles. The number of hydrogen-bond acceptors (Lipinski definition) is 5. The van der Waals surface area contributed by atoms with Crippen molar-refractivity contribution in [1.29, 1.82) is 0 Å². The van der Waals surface area contributed by atoms with Gasteiger partial charge < -0.3 is 24.4 Å². The summed E-state index contributed by atoms with van der Waals surface area (Å²) >= 11 is 0. The zero-order chi connectivity index (χ0) is 16.2. The van der Waals surface area contributed by atoms with Crippen LogP contribution in [0.2, 0.25) is 0 Å². The molecule has 124 valence electrons. The lowest BCUT2D eigenvalue weighted by molar-refractivity contribution is -0.125. The second-order valence-corrected chi connectivity index (χ2v) is 5.64. The third-order valence-corrected chi connectivity index (χ3v) is 4.04. The lowest BCUT2D eigenvalue weighted by Gasteiger charge is -2.32. The van der Waals surface area contributed by atoms with Gasteiger partial charge >= 0.3 is 0 Å². The minimum atomic E-state index is -0.118. The van der Waals surface area contributed by atoms with Gasteiger partial charge in [0.15, 0.2) is 11.5 Å². The van der Waals surface area contributed by atoms with E-state index in [1.807, 2.05) is 0 Å². The van der Waals surface area contributed by atoms with Gasteiger partial charge in [-0.3, -0.25) is 9.59 Å². The molecule has 0 aromatic heterocycles. The molecule has 1 fully saturated rings. The summed E-state index contributed by atoms with van der Waals surface area (Å²) in [5, 5.41) is 2.91. The SMILES string of the molecule is COCC(=O)NC1CCN(C(=O)c2ccc3c(c2)OCO3)CC1. The van der Waals surface area contributed by atoms with E-state index in [2.05, 4.69) is 5.32 Å². The van der Waals surface area contributed by atoms with Crippen molar-refractivity contribution >= 4 is 11.8 Å². The van der Waals surface area contributed by atoms with Crippen molar-refractivity contribution in [3.8, 4) is 11.5 Å². The Labute approximate surface area is 134 Å². The Balaban J connectivity index is 1.55. The molecule has 0 spiro atoms. The van der Waals surface area contributed by atoms with E-state index in [0.29, 0.717) is 30.2 Å². The molecule has 0 radical (unpaired) electrons. The summed E-state index contributed by atoms with van der Waals surface area (Å²) < 4.78 is 15.4. The summed E-state index contributed by atoms with van der Waals surface area (Å²) in [6.45, 7) is 1.49. The van der Waals surface area contributed by atoms with Crippen LogP contribution < -0.4 is 14.8 Å². The number of hydrogen-bond donors (Lipinski definition) is 1. The minimum Gasteiger partial charge on any atom is -0.454 e. The number of methoxy groups -OCH3 is 1. The first-order valence-electron chi connectivity index (χ1n) is 7.64. The van der Waals surface area contributed by atoms with Gasteiger partial charge in [-0.05, 0) is 31.0 Å². The highest BCUT2D eigenvalue weighted by molar-refractivity contribution is 5.95. The molecule has 3 rings (SSSR count). The summed E-state index contributed by atoms with van der Waals surface area (Å²) in [6, 6.07) is 5.32. The van der Waals surface area contributed by atoms with E-state index in [0.717, 1.165) is 12.8 Å². The van der Waals surface area contributed by atoms with Gasteiger partial charge in [-0.2, -0.15) is 0 Å². The Bertz CT molecular complexity index is 596. The Morgan fingerprint density at radius 3 is 2.74 bits per heavy atom. The third kappa shape index (κ3) is 3.56. The number of nitrogens with zero attached hydrogens (tertiary/aromatic N) is 1. The largest absolute Gasteiger partial charge is 0.454 e. The molecule has 2 aliphatic rings. The van der Waals surface area contributed by atoms with Crippen LogP contribution in [-0.4, -0.2) is 56.4 Å². The van der Waals surface area contributed by atoms with Crippen LogP contribution in [0.15, 0.2) is 18.2 Å². The van der Waals surface area contributed by atoms with Crippen LogP contribution in [0.1, 0.15) is 23.2 Å². The van der Waals surface area contributed by atoms with Crippen LogP contribution in [0.3, 0.4) is 0 Å². The van der Waals surface area contributed by atoms with Gasteiger partial charge in [-0.15, -0.1) is 0 Å². The molecule has 23 heavy (non-hydrogen) atoms. The van der Waals surface area contributed by atoms with Crippen molar-refractivity contribution in [2.75, 3.05) is 33.6 Å². The van der Waals surface area contributed by atoms with Gasteiger partial charge in [-0.25, -0.2) is 0 Å². The third-order valence-electron chi connectivity index (χ3n) is 4.04. The molecule has 7 heteroatoms. The monoisotopic (exact) mass is 320 g/mol. The fourth-order valence-corrected chi connectivity index (χ4v) is 2.84. The molecule has 0 bridgehead atoms. The standard InChI is InChI=1S/C16H20N2O5/c1-21-9-15(19)17-12-4-6-18(7-5-12)16(20)11-2-3-13-14(8-11)23-10-22-13/h2-3,8,12H,4-7,9-10H2,1H3,(H,17,19). The number of carbonyl (C=O) groups is 2. The van der Waals surface area contributed by atoms with Crippen LogP contribution in [-0.2, 0) is 9.53 Å². The Kier molecular flexibility index (Phi) is 4.66. The van der Waals surface area contributed by atoms with Gasteiger partial charge in [0.05, 0.1) is 0 Å². The predicted molar refractivity (Wildman–Crippen MR) is 81.5 cm³/mol. The van der Waals surface area contributed by atoms with Gasteiger partial charge in [0.1, 0.15) is 6.61 Å². The second-order valence-electron chi connectivity index (χ2n) is 5.64. The summed E-state index contributed by atoms with van der Waals surface area (Å²) in [7, 11) is 1.49. The number of likely N-dealkylation sites (tertiary alicyclic amines) is 1. The van der Waals surface area contributed by atoms with E-state index in [9.17, 15) is 9.59 Å². The van der Waals surface area contributed by atoms with Crippen LogP contribution in [0.25, 0.3) is 0 Å². The molecule has 2 amide bonds. The minimum absolute atomic E-state index is 0.0232. The average molecular weight is 320 g/mol. The summed E-state index contributed by atoms with van der Waals surface area (Å²) in [5.41, 5.74) is 0.594. The molecule has 0 unspecified atom stereocenters. The van der Waals surface area contributed by atoms with Crippen molar-refractivity contribution < 1.29 is 23.8 Å². The van der Waals surface area contributed by atoms with Gasteiger partial charge in [0.25, 0.3) is 5.91 Å². The molecular formula is C16H20N2O5. The second kappa shape index (κ2) is 6.87. The normalized spacial score (nSPS) is 17.2. The molecule has 0 saturated carbocycles.